The first-order chi connectivity index (χ1) is 8.88. The highest BCUT2D eigenvalue weighted by molar-refractivity contribution is 5.94. The van der Waals surface area contributed by atoms with Crippen molar-refractivity contribution in [1.82, 2.24) is 5.32 Å². The number of methoxy groups -OCH3 is 1. The molecule has 2 aromatic carbocycles. The molecule has 1 aliphatic heterocycles. The van der Waals surface area contributed by atoms with Crippen molar-refractivity contribution in [1.29, 1.82) is 0 Å². The lowest BCUT2D eigenvalue weighted by molar-refractivity contribution is 0.412. The topological polar surface area (TPSA) is 33.6 Å². The van der Waals surface area contributed by atoms with Gasteiger partial charge in [0.25, 0.3) is 0 Å². The highest BCUT2D eigenvalue weighted by Crippen LogP contribution is 2.28. The lowest BCUT2D eigenvalue weighted by Crippen LogP contribution is -2.20. The Labute approximate surface area is 106 Å². The molecule has 0 saturated carbocycles. The number of fused-ring (bicyclic) bond motifs is 1. The molecule has 0 amide bonds. The van der Waals surface area contributed by atoms with Gasteiger partial charge in [-0.05, 0) is 16.8 Å². The molecule has 0 saturated heterocycles. The summed E-state index contributed by atoms with van der Waals surface area (Å²) >= 11 is 0. The van der Waals surface area contributed by atoms with Crippen LogP contribution in [-0.4, -0.2) is 26.0 Å². The van der Waals surface area contributed by atoms with Crippen LogP contribution in [0.3, 0.4) is 0 Å². The number of benzene rings is 2. The number of hydrogen-bond donors (Lipinski definition) is 1. The van der Waals surface area contributed by atoms with Gasteiger partial charge in [-0.3, -0.25) is 4.99 Å². The van der Waals surface area contributed by atoms with Gasteiger partial charge in [0.05, 0.1) is 13.7 Å². The third kappa shape index (κ3) is 1.92. The van der Waals surface area contributed by atoms with Gasteiger partial charge in [0.15, 0.2) is 0 Å². The Bertz CT molecular complexity index is 604. The van der Waals surface area contributed by atoms with E-state index >= 15 is 0 Å². The Morgan fingerprint density at radius 1 is 1.22 bits per heavy atom. The first-order valence-electron chi connectivity index (χ1n) is 6.20. The van der Waals surface area contributed by atoms with Crippen molar-refractivity contribution in [3.05, 3.63) is 42.0 Å². The standard InChI is InChI=1S/C15H16N2O/c1-18-14-7-6-11-4-2-3-5-12(11)13(14)10-15-16-8-9-17-15/h2-7H,8-10H2,1H3,(H,16,17). The van der Waals surface area contributed by atoms with E-state index in [9.17, 15) is 0 Å². The normalized spacial score (nSPS) is 14.4. The van der Waals surface area contributed by atoms with E-state index in [1.165, 1.54) is 16.3 Å². The van der Waals surface area contributed by atoms with Crippen molar-refractivity contribution in [2.24, 2.45) is 4.99 Å². The minimum Gasteiger partial charge on any atom is -0.496 e. The zero-order chi connectivity index (χ0) is 12.4. The second-order valence-electron chi connectivity index (χ2n) is 4.40. The first-order valence-corrected chi connectivity index (χ1v) is 6.20. The maximum atomic E-state index is 5.48. The molecule has 0 aromatic heterocycles. The third-order valence-electron chi connectivity index (χ3n) is 3.31. The maximum absolute atomic E-state index is 5.48. The molecule has 3 rings (SSSR count). The quantitative estimate of drug-likeness (QED) is 0.893. The number of nitrogens with one attached hydrogen (secondary N) is 1. The average Bonchev–Trinajstić information content (AvgIpc) is 2.92. The van der Waals surface area contributed by atoms with E-state index in [1.54, 1.807) is 7.11 Å². The lowest BCUT2D eigenvalue weighted by Gasteiger charge is -2.12. The summed E-state index contributed by atoms with van der Waals surface area (Å²) in [5.41, 5.74) is 1.21. The second kappa shape index (κ2) is 4.69. The zero-order valence-corrected chi connectivity index (χ0v) is 10.4. The van der Waals surface area contributed by atoms with Gasteiger partial charge in [-0.15, -0.1) is 0 Å². The predicted octanol–water partition coefficient (Wildman–Crippen LogP) is 2.39. The molecule has 0 fully saturated rings. The van der Waals surface area contributed by atoms with Crippen molar-refractivity contribution in [3.63, 3.8) is 0 Å². The van der Waals surface area contributed by atoms with Crippen molar-refractivity contribution in [2.75, 3.05) is 20.2 Å². The summed E-state index contributed by atoms with van der Waals surface area (Å²) in [5, 5.41) is 5.80. The summed E-state index contributed by atoms with van der Waals surface area (Å²) in [6.07, 6.45) is 0.810. The molecule has 1 aliphatic rings. The molecule has 0 aliphatic carbocycles. The Morgan fingerprint density at radius 3 is 2.89 bits per heavy atom. The van der Waals surface area contributed by atoms with Crippen molar-refractivity contribution in [2.45, 2.75) is 6.42 Å². The maximum Gasteiger partial charge on any atom is 0.123 e. The molecule has 1 heterocycles. The summed E-state index contributed by atoms with van der Waals surface area (Å²) in [5.74, 6) is 2.00. The number of rotatable bonds is 3. The van der Waals surface area contributed by atoms with Crippen LogP contribution in [0.25, 0.3) is 10.8 Å². The van der Waals surface area contributed by atoms with Crippen molar-refractivity contribution in [3.8, 4) is 5.75 Å². The van der Waals surface area contributed by atoms with Crippen LogP contribution < -0.4 is 10.1 Å². The molecule has 3 heteroatoms. The number of aliphatic imine (C=N–C) groups is 1. The van der Waals surface area contributed by atoms with E-state index in [4.69, 9.17) is 4.74 Å². The number of amidine groups is 1. The molecule has 18 heavy (non-hydrogen) atoms. The minimum absolute atomic E-state index is 0.810. The van der Waals surface area contributed by atoms with Gasteiger partial charge in [-0.25, -0.2) is 0 Å². The minimum atomic E-state index is 0.810. The van der Waals surface area contributed by atoms with E-state index < -0.39 is 0 Å². The highest BCUT2D eigenvalue weighted by atomic mass is 16.5. The molecular formula is C15H16N2O. The Hall–Kier alpha value is -2.03. The average molecular weight is 240 g/mol. The lowest BCUT2D eigenvalue weighted by atomic mass is 10.0. The monoisotopic (exact) mass is 240 g/mol. The Balaban J connectivity index is 2.11. The molecule has 2 aromatic rings. The van der Waals surface area contributed by atoms with Crippen LogP contribution in [0, 0.1) is 0 Å². The third-order valence-corrected chi connectivity index (χ3v) is 3.31. The van der Waals surface area contributed by atoms with E-state index in [-0.39, 0.29) is 0 Å². The van der Waals surface area contributed by atoms with Crippen molar-refractivity contribution < 1.29 is 4.74 Å². The summed E-state index contributed by atoms with van der Waals surface area (Å²) in [6, 6.07) is 12.5. The molecule has 0 unspecified atom stereocenters. The first kappa shape index (κ1) is 11.1. The van der Waals surface area contributed by atoms with E-state index in [0.29, 0.717) is 0 Å². The molecule has 0 atom stereocenters. The summed E-state index contributed by atoms with van der Waals surface area (Å²) in [4.78, 5) is 4.46. The zero-order valence-electron chi connectivity index (χ0n) is 10.4. The van der Waals surface area contributed by atoms with Gasteiger partial charge in [0.1, 0.15) is 11.6 Å². The summed E-state index contributed by atoms with van der Waals surface area (Å²) < 4.78 is 5.48. The molecule has 0 bridgehead atoms. The highest BCUT2D eigenvalue weighted by Gasteiger charge is 2.13. The Kier molecular flexibility index (Phi) is 2.89. The van der Waals surface area contributed by atoms with Crippen LogP contribution in [0.15, 0.2) is 41.4 Å². The molecule has 0 radical (unpaired) electrons. The number of hydrogen-bond acceptors (Lipinski definition) is 3. The van der Waals surface area contributed by atoms with Crippen LogP contribution in [0.4, 0.5) is 0 Å². The SMILES string of the molecule is COc1ccc2ccccc2c1CC1=NCCN1. The van der Waals surface area contributed by atoms with Crippen LogP contribution in [0.5, 0.6) is 5.75 Å². The van der Waals surface area contributed by atoms with E-state index in [1.807, 2.05) is 6.07 Å². The molecular weight excluding hydrogens is 224 g/mol. The fourth-order valence-corrected chi connectivity index (χ4v) is 2.42. The summed E-state index contributed by atoms with van der Waals surface area (Å²) in [7, 11) is 1.72. The largest absolute Gasteiger partial charge is 0.496 e. The van der Waals surface area contributed by atoms with Crippen molar-refractivity contribution >= 4 is 16.6 Å². The van der Waals surface area contributed by atoms with Crippen LogP contribution >= 0.6 is 0 Å². The van der Waals surface area contributed by atoms with E-state index in [2.05, 4.69) is 40.6 Å². The van der Waals surface area contributed by atoms with Gasteiger partial charge in [0, 0.05) is 18.5 Å². The molecule has 92 valence electrons. The second-order valence-corrected chi connectivity index (χ2v) is 4.40. The van der Waals surface area contributed by atoms with Gasteiger partial charge in [-0.1, -0.05) is 30.3 Å². The molecule has 1 N–H and O–H groups in total. The van der Waals surface area contributed by atoms with Gasteiger partial charge in [0.2, 0.25) is 0 Å². The number of ether oxygens (including phenoxy) is 1. The smallest absolute Gasteiger partial charge is 0.123 e. The summed E-state index contributed by atoms with van der Waals surface area (Å²) in [6.45, 7) is 1.82. The van der Waals surface area contributed by atoms with E-state index in [0.717, 1.165) is 31.1 Å². The predicted molar refractivity (Wildman–Crippen MR) is 74.5 cm³/mol. The van der Waals surface area contributed by atoms with Crippen LogP contribution in [0.2, 0.25) is 0 Å². The van der Waals surface area contributed by atoms with Crippen LogP contribution in [0.1, 0.15) is 5.56 Å². The van der Waals surface area contributed by atoms with Crippen LogP contribution in [-0.2, 0) is 6.42 Å². The Morgan fingerprint density at radius 2 is 2.11 bits per heavy atom. The molecule has 3 nitrogen and oxygen atoms in total. The van der Waals surface area contributed by atoms with Gasteiger partial charge in [-0.2, -0.15) is 0 Å². The fraction of sp³-hybridized carbons (Fsp3) is 0.267. The molecule has 0 spiro atoms. The van der Waals surface area contributed by atoms with Gasteiger partial charge >= 0.3 is 0 Å². The number of nitrogens with zero attached hydrogens (tertiary/aromatic N) is 1. The fourth-order valence-electron chi connectivity index (χ4n) is 2.42. The van der Waals surface area contributed by atoms with Gasteiger partial charge < -0.3 is 10.1 Å².